The molecule has 0 aliphatic heterocycles. The van der Waals surface area contributed by atoms with E-state index in [9.17, 15) is 9.59 Å². The fraction of sp³-hybridized carbons (Fsp3) is 0.619. The number of benzene rings is 1. The summed E-state index contributed by atoms with van der Waals surface area (Å²) in [7, 11) is 0. The Hall–Kier alpha value is -2.04. The summed E-state index contributed by atoms with van der Waals surface area (Å²) in [5.74, 6) is -0.156. The molecule has 0 bridgehead atoms. The highest BCUT2D eigenvalue weighted by Crippen LogP contribution is 2.27. The monoisotopic (exact) mass is 361 g/mol. The van der Waals surface area contributed by atoms with Crippen LogP contribution in [0.2, 0.25) is 0 Å². The van der Waals surface area contributed by atoms with E-state index < -0.39 is 12.1 Å². The Bertz CT molecular complexity index is 624. The first-order valence-electron chi connectivity index (χ1n) is 9.41. The van der Waals surface area contributed by atoms with E-state index in [-0.39, 0.29) is 17.2 Å². The van der Waals surface area contributed by atoms with Crippen LogP contribution in [0.15, 0.2) is 12.1 Å². The molecule has 2 atom stereocenters. The van der Waals surface area contributed by atoms with Crippen molar-refractivity contribution in [3.05, 3.63) is 34.4 Å². The Morgan fingerprint density at radius 3 is 2.12 bits per heavy atom. The predicted octanol–water partition coefficient (Wildman–Crippen LogP) is 3.34. The summed E-state index contributed by atoms with van der Waals surface area (Å²) in [6, 6.07) is 3.21. The second-order valence-electron chi connectivity index (χ2n) is 8.25. The van der Waals surface area contributed by atoms with E-state index in [0.717, 1.165) is 12.8 Å². The molecule has 0 spiro atoms. The average molecular weight is 362 g/mol. The van der Waals surface area contributed by atoms with Crippen molar-refractivity contribution < 1.29 is 9.59 Å². The molecule has 0 unspecified atom stereocenters. The van der Waals surface area contributed by atoms with Gasteiger partial charge in [0.1, 0.15) is 6.04 Å². The van der Waals surface area contributed by atoms with Crippen molar-refractivity contribution in [1.82, 2.24) is 10.6 Å². The first kappa shape index (κ1) is 22.0. The van der Waals surface area contributed by atoms with Crippen molar-refractivity contribution in [1.29, 1.82) is 0 Å². The van der Waals surface area contributed by atoms with Gasteiger partial charge < -0.3 is 16.4 Å². The molecule has 0 heterocycles. The lowest BCUT2D eigenvalue weighted by molar-refractivity contribution is -0.124. The molecule has 0 saturated heterocycles. The van der Waals surface area contributed by atoms with Gasteiger partial charge >= 0.3 is 6.03 Å². The van der Waals surface area contributed by atoms with Crippen molar-refractivity contribution in [3.8, 4) is 0 Å². The van der Waals surface area contributed by atoms with Crippen molar-refractivity contribution in [2.75, 3.05) is 6.54 Å². The van der Waals surface area contributed by atoms with Crippen LogP contribution in [0.5, 0.6) is 0 Å². The van der Waals surface area contributed by atoms with E-state index >= 15 is 0 Å². The van der Waals surface area contributed by atoms with Gasteiger partial charge in [0.2, 0.25) is 5.91 Å². The van der Waals surface area contributed by atoms with Crippen LogP contribution in [0.1, 0.15) is 63.3 Å². The number of hydrogen-bond acceptors (Lipinski definition) is 2. The van der Waals surface area contributed by atoms with E-state index in [1.807, 2.05) is 13.8 Å². The van der Waals surface area contributed by atoms with Gasteiger partial charge in [-0.1, -0.05) is 53.2 Å². The van der Waals surface area contributed by atoms with Gasteiger partial charge in [-0.3, -0.25) is 4.79 Å². The van der Waals surface area contributed by atoms with Crippen LogP contribution >= 0.6 is 0 Å². The highest BCUT2D eigenvalue weighted by Gasteiger charge is 2.25. The molecule has 146 valence electrons. The molecular weight excluding hydrogens is 326 g/mol. The summed E-state index contributed by atoms with van der Waals surface area (Å²) in [5.41, 5.74) is 10.4. The predicted molar refractivity (Wildman–Crippen MR) is 107 cm³/mol. The number of aryl methyl sites for hydroxylation is 2. The Morgan fingerprint density at radius 1 is 1.15 bits per heavy atom. The lowest BCUT2D eigenvalue weighted by Crippen LogP contribution is -2.52. The van der Waals surface area contributed by atoms with Gasteiger partial charge in [0.05, 0.1) is 0 Å². The molecule has 5 nitrogen and oxygen atoms in total. The maximum absolute atomic E-state index is 12.4. The number of primary amides is 1. The number of carbonyl (C=O) groups is 2. The normalized spacial score (nSPS) is 13.8. The molecule has 4 N–H and O–H groups in total. The molecule has 0 aromatic heterocycles. The molecule has 5 heteroatoms. The maximum Gasteiger partial charge on any atom is 0.312 e. The molecule has 0 aliphatic rings. The zero-order valence-electron chi connectivity index (χ0n) is 17.3. The maximum atomic E-state index is 12.4. The Labute approximate surface area is 158 Å². The van der Waals surface area contributed by atoms with E-state index in [4.69, 9.17) is 5.73 Å². The Balaban J connectivity index is 2.78. The van der Waals surface area contributed by atoms with Crippen LogP contribution in [0.4, 0.5) is 4.79 Å². The first-order chi connectivity index (χ1) is 12.0. The summed E-state index contributed by atoms with van der Waals surface area (Å²) in [5, 5.41) is 5.49. The Morgan fingerprint density at radius 2 is 1.69 bits per heavy atom. The molecule has 1 aromatic carbocycles. The summed E-state index contributed by atoms with van der Waals surface area (Å²) >= 11 is 0. The smallest absolute Gasteiger partial charge is 0.312 e. The quantitative estimate of drug-likeness (QED) is 0.696. The van der Waals surface area contributed by atoms with Gasteiger partial charge in [0.15, 0.2) is 0 Å². The van der Waals surface area contributed by atoms with E-state index in [0.29, 0.717) is 6.54 Å². The number of nitrogens with one attached hydrogen (secondary N) is 2. The number of carbonyl (C=O) groups excluding carboxylic acids is 2. The van der Waals surface area contributed by atoms with Crippen molar-refractivity contribution >= 4 is 11.9 Å². The number of rotatable bonds is 7. The van der Waals surface area contributed by atoms with Gasteiger partial charge in [0.25, 0.3) is 0 Å². The topological polar surface area (TPSA) is 84.2 Å². The van der Waals surface area contributed by atoms with Gasteiger partial charge in [0, 0.05) is 6.54 Å². The van der Waals surface area contributed by atoms with Crippen LogP contribution in [0, 0.1) is 19.8 Å². The number of urea groups is 1. The standard InChI is InChI=1S/C21H35N3O2/c1-8-13(2)18(24-20(22)26)19(25)23-10-9-17-14(3)11-16(12-15(17)4)21(5,6)7/h11-13,18H,8-10H2,1-7H3,(H,23,25)(H3,22,24,26)/t13-,18+/m1/s1. The number of hydrogen-bond donors (Lipinski definition) is 3. The van der Waals surface area contributed by atoms with E-state index in [2.05, 4.69) is 57.4 Å². The lowest BCUT2D eigenvalue weighted by atomic mass is 9.83. The van der Waals surface area contributed by atoms with Crippen LogP contribution in [0.3, 0.4) is 0 Å². The minimum atomic E-state index is -0.671. The third-order valence-electron chi connectivity index (χ3n) is 5.03. The van der Waals surface area contributed by atoms with Crippen LogP contribution in [0.25, 0.3) is 0 Å². The first-order valence-corrected chi connectivity index (χ1v) is 9.41. The van der Waals surface area contributed by atoms with Crippen molar-refractivity contribution in [3.63, 3.8) is 0 Å². The Kier molecular flexibility index (Phi) is 7.67. The summed E-state index contributed by atoms with van der Waals surface area (Å²) in [6.45, 7) is 15.3. The minimum Gasteiger partial charge on any atom is -0.354 e. The highest BCUT2D eigenvalue weighted by atomic mass is 16.2. The fourth-order valence-corrected chi connectivity index (χ4v) is 3.10. The minimum absolute atomic E-state index is 0.0250. The SMILES string of the molecule is CC[C@@H](C)[C@H](NC(N)=O)C(=O)NCCc1c(C)cc(C(C)(C)C)cc1C. The fourth-order valence-electron chi connectivity index (χ4n) is 3.10. The third-order valence-corrected chi connectivity index (χ3v) is 5.03. The summed E-state index contributed by atoms with van der Waals surface area (Å²) in [4.78, 5) is 23.6. The number of nitrogens with two attached hydrogens (primary N) is 1. The van der Waals surface area contributed by atoms with Gasteiger partial charge in [-0.2, -0.15) is 0 Å². The zero-order chi connectivity index (χ0) is 20.1. The lowest BCUT2D eigenvalue weighted by Gasteiger charge is -2.24. The highest BCUT2D eigenvalue weighted by molar-refractivity contribution is 5.86. The van der Waals surface area contributed by atoms with Crippen LogP contribution in [-0.2, 0) is 16.6 Å². The molecule has 0 saturated carbocycles. The van der Waals surface area contributed by atoms with E-state index in [1.165, 1.54) is 22.3 Å². The van der Waals surface area contributed by atoms with Crippen molar-refractivity contribution in [2.24, 2.45) is 11.7 Å². The summed E-state index contributed by atoms with van der Waals surface area (Å²) in [6.07, 6.45) is 1.54. The second kappa shape index (κ2) is 9.06. The third kappa shape index (κ3) is 6.04. The molecule has 0 aliphatic carbocycles. The second-order valence-corrected chi connectivity index (χ2v) is 8.25. The molecule has 0 radical (unpaired) electrons. The number of amides is 3. The van der Waals surface area contributed by atoms with Crippen LogP contribution < -0.4 is 16.4 Å². The molecule has 1 aromatic rings. The van der Waals surface area contributed by atoms with E-state index in [1.54, 1.807) is 0 Å². The van der Waals surface area contributed by atoms with Crippen molar-refractivity contribution in [2.45, 2.75) is 72.8 Å². The molecule has 1 rings (SSSR count). The van der Waals surface area contributed by atoms with Gasteiger partial charge in [-0.15, -0.1) is 0 Å². The zero-order valence-corrected chi connectivity index (χ0v) is 17.3. The molecular formula is C21H35N3O2. The average Bonchev–Trinajstić information content (AvgIpc) is 2.52. The summed E-state index contributed by atoms with van der Waals surface area (Å²) < 4.78 is 0. The molecule has 0 fully saturated rings. The van der Waals surface area contributed by atoms with Gasteiger partial charge in [-0.05, 0) is 53.9 Å². The largest absolute Gasteiger partial charge is 0.354 e. The molecule has 26 heavy (non-hydrogen) atoms. The molecule has 3 amide bonds. The van der Waals surface area contributed by atoms with Gasteiger partial charge in [-0.25, -0.2) is 4.79 Å². The van der Waals surface area contributed by atoms with Crippen LogP contribution in [-0.4, -0.2) is 24.5 Å².